The number of nitrogens with zero attached hydrogens (tertiary/aromatic N) is 1. The van der Waals surface area contributed by atoms with Crippen LogP contribution in [0.15, 0.2) is 24.3 Å². The lowest BCUT2D eigenvalue weighted by Crippen LogP contribution is -2.30. The van der Waals surface area contributed by atoms with E-state index in [9.17, 15) is 0 Å². The van der Waals surface area contributed by atoms with Crippen molar-refractivity contribution >= 4 is 0 Å². The predicted octanol–water partition coefficient (Wildman–Crippen LogP) is 3.42. The molecule has 0 amide bonds. The summed E-state index contributed by atoms with van der Waals surface area (Å²) in [6.45, 7) is 13.2. The molecule has 18 heavy (non-hydrogen) atoms. The quantitative estimate of drug-likeness (QED) is 0.758. The van der Waals surface area contributed by atoms with Gasteiger partial charge in [-0.2, -0.15) is 0 Å². The Morgan fingerprint density at radius 1 is 1.06 bits per heavy atom. The minimum absolute atomic E-state index is 0.617. The Balaban J connectivity index is 2.55. The van der Waals surface area contributed by atoms with Crippen LogP contribution in [0.25, 0.3) is 0 Å². The number of rotatable bonds is 8. The van der Waals surface area contributed by atoms with Gasteiger partial charge in [-0.15, -0.1) is 0 Å². The third-order valence-corrected chi connectivity index (χ3v) is 3.23. The summed E-state index contributed by atoms with van der Waals surface area (Å²) in [6.07, 6.45) is 1.22. The average Bonchev–Trinajstić information content (AvgIpc) is 2.37. The summed E-state index contributed by atoms with van der Waals surface area (Å²) in [6, 6.07) is 9.62. The predicted molar refractivity (Wildman–Crippen MR) is 79.7 cm³/mol. The summed E-state index contributed by atoms with van der Waals surface area (Å²) in [7, 11) is 0. The Morgan fingerprint density at radius 3 is 2.17 bits per heavy atom. The van der Waals surface area contributed by atoms with Crippen molar-refractivity contribution in [3.05, 3.63) is 35.4 Å². The maximum Gasteiger partial charge on any atom is 0.0236 e. The van der Waals surface area contributed by atoms with Gasteiger partial charge in [0, 0.05) is 19.1 Å². The van der Waals surface area contributed by atoms with Crippen molar-refractivity contribution in [2.45, 2.75) is 53.2 Å². The van der Waals surface area contributed by atoms with Crippen LogP contribution in [0, 0.1) is 0 Å². The van der Waals surface area contributed by atoms with E-state index in [-0.39, 0.29) is 0 Å². The van der Waals surface area contributed by atoms with Crippen LogP contribution in [0.3, 0.4) is 0 Å². The zero-order valence-electron chi connectivity index (χ0n) is 12.4. The molecule has 0 aliphatic rings. The van der Waals surface area contributed by atoms with Crippen LogP contribution in [0.2, 0.25) is 0 Å². The van der Waals surface area contributed by atoms with Gasteiger partial charge in [-0.1, -0.05) is 38.1 Å². The molecule has 1 aromatic carbocycles. The Labute approximate surface area is 112 Å². The second-order valence-corrected chi connectivity index (χ2v) is 5.16. The maximum atomic E-state index is 3.35. The lowest BCUT2D eigenvalue weighted by atomic mass is 10.1. The van der Waals surface area contributed by atoms with Gasteiger partial charge in [0.1, 0.15) is 0 Å². The Kier molecular flexibility index (Phi) is 6.99. The second-order valence-electron chi connectivity index (χ2n) is 5.16. The first-order valence-electron chi connectivity index (χ1n) is 7.20. The summed E-state index contributed by atoms with van der Waals surface area (Å²) < 4.78 is 0. The SMILES string of the molecule is CCCN(Cc1ccc(CNCC)cc1)C(C)C. The van der Waals surface area contributed by atoms with Crippen molar-refractivity contribution in [2.24, 2.45) is 0 Å². The molecule has 0 saturated heterocycles. The van der Waals surface area contributed by atoms with Crippen LogP contribution in [0.4, 0.5) is 0 Å². The van der Waals surface area contributed by atoms with Crippen molar-refractivity contribution in [2.75, 3.05) is 13.1 Å². The molecule has 0 aliphatic carbocycles. The molecule has 0 aromatic heterocycles. The molecule has 0 fully saturated rings. The van der Waals surface area contributed by atoms with Gasteiger partial charge in [-0.3, -0.25) is 4.90 Å². The van der Waals surface area contributed by atoms with E-state index in [0.717, 1.165) is 19.6 Å². The van der Waals surface area contributed by atoms with E-state index in [2.05, 4.69) is 62.2 Å². The van der Waals surface area contributed by atoms with Crippen molar-refractivity contribution < 1.29 is 0 Å². The van der Waals surface area contributed by atoms with Crippen LogP contribution in [0.1, 0.15) is 45.2 Å². The molecule has 0 bridgehead atoms. The van der Waals surface area contributed by atoms with E-state index in [4.69, 9.17) is 0 Å². The smallest absolute Gasteiger partial charge is 0.0236 e. The lowest BCUT2D eigenvalue weighted by molar-refractivity contribution is 0.213. The highest BCUT2D eigenvalue weighted by atomic mass is 15.1. The van der Waals surface area contributed by atoms with E-state index in [0.29, 0.717) is 6.04 Å². The van der Waals surface area contributed by atoms with Crippen molar-refractivity contribution in [1.82, 2.24) is 10.2 Å². The fraction of sp³-hybridized carbons (Fsp3) is 0.625. The van der Waals surface area contributed by atoms with E-state index >= 15 is 0 Å². The molecule has 0 atom stereocenters. The summed E-state index contributed by atoms with van der Waals surface area (Å²) in [5.41, 5.74) is 2.78. The molecule has 0 spiro atoms. The van der Waals surface area contributed by atoms with Crippen molar-refractivity contribution in [3.8, 4) is 0 Å². The second kappa shape index (κ2) is 8.28. The molecule has 0 heterocycles. The zero-order chi connectivity index (χ0) is 13.4. The highest BCUT2D eigenvalue weighted by Gasteiger charge is 2.08. The number of benzene rings is 1. The van der Waals surface area contributed by atoms with Crippen LogP contribution in [0.5, 0.6) is 0 Å². The minimum atomic E-state index is 0.617. The lowest BCUT2D eigenvalue weighted by Gasteiger charge is -2.26. The monoisotopic (exact) mass is 248 g/mol. The van der Waals surface area contributed by atoms with Crippen molar-refractivity contribution in [1.29, 1.82) is 0 Å². The average molecular weight is 248 g/mol. The maximum absolute atomic E-state index is 3.35. The standard InChI is InChI=1S/C16H28N2/c1-5-11-18(14(3)4)13-16-9-7-15(8-10-16)12-17-6-2/h7-10,14,17H,5-6,11-13H2,1-4H3. The molecule has 1 aromatic rings. The Hall–Kier alpha value is -0.860. The third-order valence-electron chi connectivity index (χ3n) is 3.23. The molecule has 1 rings (SSSR count). The van der Waals surface area contributed by atoms with Gasteiger partial charge >= 0.3 is 0 Å². The fourth-order valence-corrected chi connectivity index (χ4v) is 2.07. The van der Waals surface area contributed by atoms with Gasteiger partial charge in [-0.25, -0.2) is 0 Å². The highest BCUT2D eigenvalue weighted by molar-refractivity contribution is 5.22. The normalized spacial score (nSPS) is 11.4. The van der Waals surface area contributed by atoms with E-state index in [1.54, 1.807) is 0 Å². The first kappa shape index (κ1) is 15.2. The number of nitrogens with one attached hydrogen (secondary N) is 1. The molecule has 2 nitrogen and oxygen atoms in total. The molecule has 0 radical (unpaired) electrons. The van der Waals surface area contributed by atoms with Gasteiger partial charge in [0.05, 0.1) is 0 Å². The summed E-state index contributed by atoms with van der Waals surface area (Å²) in [5, 5.41) is 3.35. The molecule has 1 N–H and O–H groups in total. The largest absolute Gasteiger partial charge is 0.313 e. The third kappa shape index (κ3) is 5.19. The zero-order valence-corrected chi connectivity index (χ0v) is 12.4. The van der Waals surface area contributed by atoms with Gasteiger partial charge in [0.2, 0.25) is 0 Å². The molecule has 102 valence electrons. The number of hydrogen-bond donors (Lipinski definition) is 1. The van der Waals surface area contributed by atoms with Gasteiger partial charge in [0.15, 0.2) is 0 Å². The van der Waals surface area contributed by atoms with Crippen LogP contribution in [-0.4, -0.2) is 24.0 Å². The van der Waals surface area contributed by atoms with Gasteiger partial charge in [0.25, 0.3) is 0 Å². The molecule has 0 unspecified atom stereocenters. The topological polar surface area (TPSA) is 15.3 Å². The molecule has 0 saturated carbocycles. The van der Waals surface area contributed by atoms with Crippen molar-refractivity contribution in [3.63, 3.8) is 0 Å². The van der Waals surface area contributed by atoms with Crippen LogP contribution in [-0.2, 0) is 13.1 Å². The Morgan fingerprint density at radius 2 is 1.67 bits per heavy atom. The minimum Gasteiger partial charge on any atom is -0.313 e. The van der Waals surface area contributed by atoms with E-state index in [1.807, 2.05) is 0 Å². The van der Waals surface area contributed by atoms with E-state index < -0.39 is 0 Å². The van der Waals surface area contributed by atoms with Gasteiger partial charge in [-0.05, 0) is 44.5 Å². The summed E-state index contributed by atoms with van der Waals surface area (Å²) >= 11 is 0. The summed E-state index contributed by atoms with van der Waals surface area (Å²) in [4.78, 5) is 2.53. The molecule has 0 aliphatic heterocycles. The van der Waals surface area contributed by atoms with Crippen LogP contribution >= 0.6 is 0 Å². The first-order chi connectivity index (χ1) is 8.67. The molecule has 2 heteroatoms. The van der Waals surface area contributed by atoms with Crippen LogP contribution < -0.4 is 5.32 Å². The Bertz CT molecular complexity index is 316. The van der Waals surface area contributed by atoms with Gasteiger partial charge < -0.3 is 5.32 Å². The fourth-order valence-electron chi connectivity index (χ4n) is 2.07. The molecular weight excluding hydrogens is 220 g/mol. The summed E-state index contributed by atoms with van der Waals surface area (Å²) in [5.74, 6) is 0. The highest BCUT2D eigenvalue weighted by Crippen LogP contribution is 2.10. The number of hydrogen-bond acceptors (Lipinski definition) is 2. The molecular formula is C16H28N2. The first-order valence-corrected chi connectivity index (χ1v) is 7.20. The van der Waals surface area contributed by atoms with E-state index in [1.165, 1.54) is 24.1 Å².